The molecule has 1 aliphatic carbocycles. The maximum atomic E-state index is 12.6. The van der Waals surface area contributed by atoms with Gasteiger partial charge in [0.05, 0.1) is 15.9 Å². The van der Waals surface area contributed by atoms with E-state index in [0.717, 1.165) is 37.5 Å². The van der Waals surface area contributed by atoms with Crippen LogP contribution < -0.4 is 0 Å². The Hall–Kier alpha value is -2.55. The molecular formula is C17H23N3O6. The van der Waals surface area contributed by atoms with Crippen molar-refractivity contribution < 1.29 is 19.4 Å². The predicted octanol–water partition coefficient (Wildman–Crippen LogP) is 3.17. The number of carbonyl (C=O) groups is 1. The minimum absolute atomic E-state index is 0.0959. The SMILES string of the molecule is CN(C)[C@H]1CCC[C@H]1C(C)(C)OC(=O)c1ccc([N+](=O)[O-])cc1[N+](=O)[O-]. The fourth-order valence-corrected chi connectivity index (χ4v) is 3.70. The van der Waals surface area contributed by atoms with Gasteiger partial charge in [-0.2, -0.15) is 0 Å². The topological polar surface area (TPSA) is 116 Å². The molecule has 1 aliphatic rings. The highest BCUT2D eigenvalue weighted by molar-refractivity contribution is 5.94. The van der Waals surface area contributed by atoms with Crippen molar-refractivity contribution in [3.63, 3.8) is 0 Å². The first-order chi connectivity index (χ1) is 12.0. The summed E-state index contributed by atoms with van der Waals surface area (Å²) in [5.74, 6) is -0.750. The van der Waals surface area contributed by atoms with Gasteiger partial charge in [-0.3, -0.25) is 20.2 Å². The van der Waals surface area contributed by atoms with Crippen molar-refractivity contribution >= 4 is 17.3 Å². The van der Waals surface area contributed by atoms with Gasteiger partial charge in [0.1, 0.15) is 11.2 Å². The molecule has 0 aliphatic heterocycles. The van der Waals surface area contributed by atoms with E-state index in [-0.39, 0.29) is 17.5 Å². The zero-order chi connectivity index (χ0) is 19.6. The summed E-state index contributed by atoms with van der Waals surface area (Å²) in [6.45, 7) is 3.60. The molecule has 142 valence electrons. The van der Waals surface area contributed by atoms with E-state index in [0.29, 0.717) is 0 Å². The average Bonchev–Trinajstić information content (AvgIpc) is 3.04. The second-order valence-electron chi connectivity index (χ2n) is 7.28. The van der Waals surface area contributed by atoms with Gasteiger partial charge in [-0.05, 0) is 46.9 Å². The lowest BCUT2D eigenvalue weighted by Crippen LogP contribution is -2.45. The van der Waals surface area contributed by atoms with E-state index in [1.807, 2.05) is 14.1 Å². The summed E-state index contributed by atoms with van der Waals surface area (Å²) in [6, 6.07) is 3.17. The highest BCUT2D eigenvalue weighted by Gasteiger charge is 2.43. The van der Waals surface area contributed by atoms with Gasteiger partial charge in [0.25, 0.3) is 11.4 Å². The van der Waals surface area contributed by atoms with Crippen molar-refractivity contribution in [3.05, 3.63) is 44.0 Å². The molecule has 0 unspecified atom stereocenters. The molecule has 0 amide bonds. The molecule has 0 bridgehead atoms. The number of ether oxygens (including phenoxy) is 1. The van der Waals surface area contributed by atoms with Gasteiger partial charge >= 0.3 is 5.97 Å². The molecule has 2 rings (SSSR count). The number of non-ortho nitro benzene ring substituents is 1. The van der Waals surface area contributed by atoms with Crippen molar-refractivity contribution in [3.8, 4) is 0 Å². The second-order valence-corrected chi connectivity index (χ2v) is 7.28. The summed E-state index contributed by atoms with van der Waals surface area (Å²) in [4.78, 5) is 35.2. The summed E-state index contributed by atoms with van der Waals surface area (Å²) in [5, 5.41) is 22.1. The monoisotopic (exact) mass is 365 g/mol. The van der Waals surface area contributed by atoms with Gasteiger partial charge < -0.3 is 9.64 Å². The zero-order valence-corrected chi connectivity index (χ0v) is 15.3. The van der Waals surface area contributed by atoms with E-state index in [1.54, 1.807) is 13.8 Å². The smallest absolute Gasteiger partial charge is 0.345 e. The normalized spacial score (nSPS) is 20.2. The number of nitro groups is 2. The Kier molecular flexibility index (Phi) is 5.60. The minimum atomic E-state index is -0.846. The van der Waals surface area contributed by atoms with Crippen molar-refractivity contribution in [2.45, 2.75) is 44.8 Å². The Morgan fingerprint density at radius 2 is 1.85 bits per heavy atom. The lowest BCUT2D eigenvalue weighted by Gasteiger charge is -2.37. The number of rotatable bonds is 6. The predicted molar refractivity (Wildman–Crippen MR) is 94.1 cm³/mol. The van der Waals surface area contributed by atoms with Crippen LogP contribution in [-0.2, 0) is 4.74 Å². The first-order valence-electron chi connectivity index (χ1n) is 8.37. The summed E-state index contributed by atoms with van der Waals surface area (Å²) in [5.41, 5.74) is -2.18. The largest absolute Gasteiger partial charge is 0.456 e. The van der Waals surface area contributed by atoms with Crippen molar-refractivity contribution in [1.82, 2.24) is 4.90 Å². The first kappa shape index (κ1) is 19.8. The van der Waals surface area contributed by atoms with Crippen LogP contribution >= 0.6 is 0 Å². The molecule has 0 heterocycles. The highest BCUT2D eigenvalue weighted by Crippen LogP contribution is 2.39. The molecule has 0 N–H and O–H groups in total. The number of esters is 1. The van der Waals surface area contributed by atoms with E-state index in [9.17, 15) is 25.0 Å². The second kappa shape index (κ2) is 7.36. The van der Waals surface area contributed by atoms with E-state index in [2.05, 4.69) is 4.90 Å². The van der Waals surface area contributed by atoms with Crippen LogP contribution in [0.5, 0.6) is 0 Å². The van der Waals surface area contributed by atoms with E-state index in [1.165, 1.54) is 0 Å². The van der Waals surface area contributed by atoms with Gasteiger partial charge in [-0.25, -0.2) is 4.79 Å². The number of carbonyl (C=O) groups excluding carboxylic acids is 1. The number of hydrogen-bond donors (Lipinski definition) is 0. The Balaban J connectivity index is 2.29. The molecule has 26 heavy (non-hydrogen) atoms. The molecule has 0 spiro atoms. The van der Waals surface area contributed by atoms with E-state index >= 15 is 0 Å². The van der Waals surface area contributed by atoms with Crippen LogP contribution in [0.2, 0.25) is 0 Å². The van der Waals surface area contributed by atoms with Crippen molar-refractivity contribution in [1.29, 1.82) is 0 Å². The Bertz CT molecular complexity index is 731. The third kappa shape index (κ3) is 3.98. The Morgan fingerprint density at radius 1 is 1.19 bits per heavy atom. The molecular weight excluding hydrogens is 342 g/mol. The van der Waals surface area contributed by atoms with E-state index < -0.39 is 32.8 Å². The molecule has 1 saturated carbocycles. The van der Waals surface area contributed by atoms with Crippen LogP contribution in [0.25, 0.3) is 0 Å². The summed E-state index contributed by atoms with van der Waals surface area (Å²) >= 11 is 0. The van der Waals surface area contributed by atoms with Crippen molar-refractivity contribution in [2.75, 3.05) is 14.1 Å². The van der Waals surface area contributed by atoms with Gasteiger partial charge in [0.2, 0.25) is 0 Å². The van der Waals surface area contributed by atoms with Gasteiger partial charge in [0.15, 0.2) is 0 Å². The molecule has 2 atom stereocenters. The lowest BCUT2D eigenvalue weighted by molar-refractivity contribution is -0.394. The van der Waals surface area contributed by atoms with Crippen LogP contribution in [-0.4, -0.2) is 46.5 Å². The summed E-state index contributed by atoms with van der Waals surface area (Å²) in [6.07, 6.45) is 2.91. The van der Waals surface area contributed by atoms with Gasteiger partial charge in [-0.1, -0.05) is 6.42 Å². The first-order valence-corrected chi connectivity index (χ1v) is 8.37. The molecule has 0 saturated heterocycles. The van der Waals surface area contributed by atoms with Gasteiger partial charge in [-0.15, -0.1) is 0 Å². The molecule has 9 nitrogen and oxygen atoms in total. The molecule has 1 fully saturated rings. The van der Waals surface area contributed by atoms with Crippen LogP contribution in [0.3, 0.4) is 0 Å². The van der Waals surface area contributed by atoms with Gasteiger partial charge in [0, 0.05) is 18.0 Å². The van der Waals surface area contributed by atoms with Crippen LogP contribution in [0.15, 0.2) is 18.2 Å². The number of hydrogen-bond acceptors (Lipinski definition) is 7. The number of nitrogens with zero attached hydrogens (tertiary/aromatic N) is 3. The standard InChI is InChI=1S/C17H23N3O6/c1-17(2,13-6-5-7-14(13)18(3)4)26-16(21)12-9-8-11(19(22)23)10-15(12)20(24)25/h8-10,13-14H,5-7H2,1-4H3/t13-,14+/m1/s1. The fraction of sp³-hybridized carbons (Fsp3) is 0.588. The highest BCUT2D eigenvalue weighted by atomic mass is 16.6. The Morgan fingerprint density at radius 3 is 2.38 bits per heavy atom. The third-order valence-electron chi connectivity index (χ3n) is 5.00. The quantitative estimate of drug-likeness (QED) is 0.432. The van der Waals surface area contributed by atoms with Crippen LogP contribution in [0, 0.1) is 26.1 Å². The van der Waals surface area contributed by atoms with Crippen LogP contribution in [0.1, 0.15) is 43.5 Å². The maximum Gasteiger partial charge on any atom is 0.345 e. The summed E-state index contributed by atoms with van der Waals surface area (Å²) < 4.78 is 5.64. The number of benzene rings is 1. The van der Waals surface area contributed by atoms with Crippen molar-refractivity contribution in [2.24, 2.45) is 5.92 Å². The maximum absolute atomic E-state index is 12.6. The summed E-state index contributed by atoms with van der Waals surface area (Å²) in [7, 11) is 3.95. The molecule has 0 aromatic heterocycles. The fourth-order valence-electron chi connectivity index (χ4n) is 3.70. The molecule has 0 radical (unpaired) electrons. The van der Waals surface area contributed by atoms with Crippen LogP contribution in [0.4, 0.5) is 11.4 Å². The molecule has 1 aromatic carbocycles. The Labute approximate surface area is 151 Å². The average molecular weight is 365 g/mol. The minimum Gasteiger partial charge on any atom is -0.456 e. The zero-order valence-electron chi connectivity index (χ0n) is 15.3. The molecule has 1 aromatic rings. The third-order valence-corrected chi connectivity index (χ3v) is 5.00. The number of nitro benzene ring substituents is 2. The molecule has 9 heteroatoms. The lowest BCUT2D eigenvalue weighted by atomic mass is 9.85. The van der Waals surface area contributed by atoms with E-state index in [4.69, 9.17) is 4.74 Å².